The minimum absolute atomic E-state index is 0.0400. The maximum atomic E-state index is 14.1. The Balaban J connectivity index is 1.07. The number of nitrogens with one attached hydrogen (secondary N) is 2. The van der Waals surface area contributed by atoms with Crippen LogP contribution in [-0.2, 0) is 4.79 Å². The molecule has 0 spiro atoms. The molecule has 0 bridgehead atoms. The molecule has 4 aliphatic rings. The summed E-state index contributed by atoms with van der Waals surface area (Å²) in [5.41, 5.74) is 8.54. The molecule has 10 heteroatoms. The van der Waals surface area contributed by atoms with Gasteiger partial charge in [-0.25, -0.2) is 25.0 Å². The van der Waals surface area contributed by atoms with Crippen molar-refractivity contribution in [2.75, 3.05) is 37.6 Å². The number of amides is 3. The number of hydrogen-bond donors (Lipinski definition) is 2. The topological polar surface area (TPSA) is 74.4 Å². The van der Waals surface area contributed by atoms with Gasteiger partial charge in [0.25, 0.3) is 0 Å². The quantitative estimate of drug-likeness (QED) is 0.700. The second-order valence-electron chi connectivity index (χ2n) is 9.27. The van der Waals surface area contributed by atoms with E-state index in [1.54, 1.807) is 28.1 Å². The highest BCUT2D eigenvalue weighted by Gasteiger charge is 2.48. The predicted molar refractivity (Wildman–Crippen MR) is 128 cm³/mol. The first kappa shape index (κ1) is 21.9. The zero-order valence-electron chi connectivity index (χ0n) is 19.3. The largest absolute Gasteiger partial charge is 0.366 e. The molecule has 3 fully saturated rings. The van der Waals surface area contributed by atoms with Crippen molar-refractivity contribution < 1.29 is 14.0 Å². The second kappa shape index (κ2) is 8.86. The SMILES string of the molecule is O=C(CN1NC2C3CC(c4ccccc4)NN3C=CN2C1=O)N1CCN(c2ccccc2F)CC1. The molecule has 3 saturated heterocycles. The van der Waals surface area contributed by atoms with Crippen molar-refractivity contribution in [1.29, 1.82) is 0 Å². The molecule has 2 aromatic carbocycles. The summed E-state index contributed by atoms with van der Waals surface area (Å²) in [6, 6.07) is 16.9. The van der Waals surface area contributed by atoms with Gasteiger partial charge in [0.05, 0.1) is 17.8 Å². The Hall–Kier alpha value is -3.63. The molecule has 4 aliphatic heterocycles. The molecule has 3 atom stereocenters. The minimum Gasteiger partial charge on any atom is -0.366 e. The van der Waals surface area contributed by atoms with Gasteiger partial charge in [-0.2, -0.15) is 0 Å². The third-order valence-electron chi connectivity index (χ3n) is 7.25. The van der Waals surface area contributed by atoms with Crippen molar-refractivity contribution in [3.63, 3.8) is 0 Å². The number of hydrazine groups is 2. The van der Waals surface area contributed by atoms with Gasteiger partial charge < -0.3 is 14.8 Å². The van der Waals surface area contributed by atoms with E-state index in [0.717, 1.165) is 6.42 Å². The molecule has 3 amide bonds. The zero-order valence-corrected chi connectivity index (χ0v) is 19.3. The van der Waals surface area contributed by atoms with Gasteiger partial charge in [0.2, 0.25) is 5.91 Å². The fourth-order valence-electron chi connectivity index (χ4n) is 5.37. The number of hydrogen-bond acceptors (Lipinski definition) is 6. The Morgan fingerprint density at radius 3 is 2.46 bits per heavy atom. The van der Waals surface area contributed by atoms with Gasteiger partial charge in [0, 0.05) is 38.6 Å². The molecule has 6 rings (SSSR count). The van der Waals surface area contributed by atoms with Crippen LogP contribution in [0.5, 0.6) is 0 Å². The molecule has 2 aromatic rings. The van der Waals surface area contributed by atoms with Gasteiger partial charge in [-0.1, -0.05) is 42.5 Å². The van der Waals surface area contributed by atoms with Crippen LogP contribution < -0.4 is 15.8 Å². The predicted octanol–water partition coefficient (Wildman–Crippen LogP) is 1.85. The first-order valence-corrected chi connectivity index (χ1v) is 12.0. The van der Waals surface area contributed by atoms with Crippen molar-refractivity contribution in [3.05, 3.63) is 78.4 Å². The van der Waals surface area contributed by atoms with Crippen LogP contribution in [0, 0.1) is 5.82 Å². The van der Waals surface area contributed by atoms with Crippen LogP contribution in [0.1, 0.15) is 18.0 Å². The number of carbonyl (C=O) groups is 2. The van der Waals surface area contributed by atoms with E-state index in [-0.39, 0.29) is 42.5 Å². The number of carbonyl (C=O) groups excluding carboxylic acids is 2. The summed E-state index contributed by atoms with van der Waals surface area (Å²) in [6.07, 6.45) is 4.22. The highest BCUT2D eigenvalue weighted by molar-refractivity contribution is 5.85. The van der Waals surface area contributed by atoms with E-state index >= 15 is 0 Å². The lowest BCUT2D eigenvalue weighted by Gasteiger charge is -2.36. The van der Waals surface area contributed by atoms with Crippen molar-refractivity contribution >= 4 is 17.6 Å². The van der Waals surface area contributed by atoms with Crippen LogP contribution in [0.4, 0.5) is 14.9 Å². The fraction of sp³-hybridized carbons (Fsp3) is 0.360. The Morgan fingerprint density at radius 1 is 0.943 bits per heavy atom. The Bertz CT molecular complexity index is 1140. The number of urea groups is 1. The van der Waals surface area contributed by atoms with E-state index in [4.69, 9.17) is 0 Å². The molecule has 9 nitrogen and oxygen atoms in total. The van der Waals surface area contributed by atoms with Gasteiger partial charge in [-0.05, 0) is 24.1 Å². The van der Waals surface area contributed by atoms with Crippen molar-refractivity contribution in [2.24, 2.45) is 0 Å². The first-order chi connectivity index (χ1) is 17.1. The summed E-state index contributed by atoms with van der Waals surface area (Å²) in [5, 5.41) is 3.46. The standard InChI is InChI=1S/C25H28FN7O2/c26-19-8-4-5-9-21(19)29-10-12-30(13-11-29)23(34)17-33-25(35)31-14-15-32-22(24(31)28-33)16-20(27-32)18-6-2-1-3-7-18/h1-9,14-15,20,22,24,27-28H,10-13,16-17H2. The maximum Gasteiger partial charge on any atom is 0.340 e. The number of para-hydroxylation sites is 1. The lowest BCUT2D eigenvalue weighted by Crippen LogP contribution is -2.55. The number of piperazine rings is 1. The summed E-state index contributed by atoms with van der Waals surface area (Å²) in [6.45, 7) is 2.04. The molecule has 0 aliphatic carbocycles. The van der Waals surface area contributed by atoms with Crippen molar-refractivity contribution in [3.8, 4) is 0 Å². The van der Waals surface area contributed by atoms with Crippen molar-refractivity contribution in [2.45, 2.75) is 24.7 Å². The summed E-state index contributed by atoms with van der Waals surface area (Å²) >= 11 is 0. The highest BCUT2D eigenvalue weighted by atomic mass is 19.1. The van der Waals surface area contributed by atoms with Gasteiger partial charge >= 0.3 is 6.03 Å². The number of anilines is 1. The lowest BCUT2D eigenvalue weighted by atomic mass is 10.00. The zero-order chi connectivity index (χ0) is 23.9. The molecular weight excluding hydrogens is 449 g/mol. The van der Waals surface area contributed by atoms with Gasteiger partial charge in [-0.15, -0.1) is 0 Å². The number of fused-ring (bicyclic) bond motifs is 3. The van der Waals surface area contributed by atoms with Crippen LogP contribution in [0.3, 0.4) is 0 Å². The highest BCUT2D eigenvalue weighted by Crippen LogP contribution is 2.34. The number of benzene rings is 2. The molecule has 2 N–H and O–H groups in total. The Labute approximate surface area is 203 Å². The number of halogens is 1. The molecule has 3 unspecified atom stereocenters. The van der Waals surface area contributed by atoms with E-state index < -0.39 is 0 Å². The van der Waals surface area contributed by atoms with Crippen molar-refractivity contribution in [1.82, 2.24) is 30.7 Å². The van der Waals surface area contributed by atoms with E-state index in [9.17, 15) is 14.0 Å². The molecule has 182 valence electrons. The fourth-order valence-corrected chi connectivity index (χ4v) is 5.37. The molecule has 4 heterocycles. The van der Waals surface area contributed by atoms with Crippen LogP contribution in [0.15, 0.2) is 67.0 Å². The van der Waals surface area contributed by atoms with Gasteiger partial charge in [-0.3, -0.25) is 9.69 Å². The Kier molecular flexibility index (Phi) is 5.54. The number of rotatable bonds is 4. The van der Waals surface area contributed by atoms with Gasteiger partial charge in [0.15, 0.2) is 0 Å². The normalized spacial score (nSPS) is 25.8. The van der Waals surface area contributed by atoms with E-state index in [2.05, 4.69) is 23.0 Å². The average Bonchev–Trinajstić information content (AvgIpc) is 3.46. The van der Waals surface area contributed by atoms with Crippen LogP contribution >= 0.6 is 0 Å². The number of nitrogens with zero attached hydrogens (tertiary/aromatic N) is 5. The van der Waals surface area contributed by atoms with Crippen LogP contribution in [0.2, 0.25) is 0 Å². The molecular formula is C25H28FN7O2. The van der Waals surface area contributed by atoms with E-state index in [1.807, 2.05) is 40.4 Å². The molecule has 0 saturated carbocycles. The molecule has 0 aromatic heterocycles. The summed E-state index contributed by atoms with van der Waals surface area (Å²) in [4.78, 5) is 31.4. The van der Waals surface area contributed by atoms with Gasteiger partial charge in [0.1, 0.15) is 18.5 Å². The van der Waals surface area contributed by atoms with E-state index in [0.29, 0.717) is 31.9 Å². The molecule has 35 heavy (non-hydrogen) atoms. The smallest absolute Gasteiger partial charge is 0.340 e. The maximum absolute atomic E-state index is 14.1. The van der Waals surface area contributed by atoms with Crippen LogP contribution in [-0.4, -0.2) is 76.7 Å². The summed E-state index contributed by atoms with van der Waals surface area (Å²) in [7, 11) is 0. The Morgan fingerprint density at radius 2 is 1.69 bits per heavy atom. The van der Waals surface area contributed by atoms with Crippen LogP contribution in [0.25, 0.3) is 0 Å². The first-order valence-electron chi connectivity index (χ1n) is 12.0. The summed E-state index contributed by atoms with van der Waals surface area (Å²) < 4.78 is 14.1. The average molecular weight is 478 g/mol. The van der Waals surface area contributed by atoms with E-state index in [1.165, 1.54) is 16.6 Å². The third-order valence-corrected chi connectivity index (χ3v) is 7.25. The lowest BCUT2D eigenvalue weighted by molar-refractivity contribution is -0.132. The molecule has 0 radical (unpaired) electrons. The summed E-state index contributed by atoms with van der Waals surface area (Å²) in [5.74, 6) is -0.375. The monoisotopic (exact) mass is 477 g/mol. The third kappa shape index (κ3) is 3.98. The minimum atomic E-state index is -0.256. The second-order valence-corrected chi connectivity index (χ2v) is 9.27.